The minimum atomic E-state index is -1.84. The molecule has 22 heavy (non-hydrogen) atoms. The summed E-state index contributed by atoms with van der Waals surface area (Å²) in [5, 5.41) is 10.3. The molecule has 132 valence electrons. The van der Waals surface area contributed by atoms with Crippen LogP contribution in [0.2, 0.25) is 58.9 Å². The highest BCUT2D eigenvalue weighted by atomic mass is 28.4. The number of hydrogen-bond acceptors (Lipinski definition) is 5. The van der Waals surface area contributed by atoms with Crippen LogP contribution in [-0.4, -0.2) is 61.3 Å². The van der Waals surface area contributed by atoms with Crippen LogP contribution in [-0.2, 0) is 18.0 Å². The van der Waals surface area contributed by atoms with Crippen molar-refractivity contribution in [3.63, 3.8) is 0 Å². The van der Waals surface area contributed by atoms with E-state index in [9.17, 15) is 5.11 Å². The van der Waals surface area contributed by atoms with Crippen LogP contribution in [0.15, 0.2) is 0 Å². The highest BCUT2D eigenvalue weighted by Gasteiger charge is 2.46. The van der Waals surface area contributed by atoms with Gasteiger partial charge in [-0.05, 0) is 58.9 Å². The van der Waals surface area contributed by atoms with Crippen molar-refractivity contribution < 1.29 is 23.1 Å². The van der Waals surface area contributed by atoms with Gasteiger partial charge < -0.3 is 23.1 Å². The monoisotopic (exact) mass is 366 g/mol. The van der Waals surface area contributed by atoms with Gasteiger partial charge >= 0.3 is 0 Å². The van der Waals surface area contributed by atoms with Gasteiger partial charge in [0.2, 0.25) is 0 Å². The van der Waals surface area contributed by atoms with Gasteiger partial charge in [-0.25, -0.2) is 0 Å². The van der Waals surface area contributed by atoms with E-state index in [0.717, 1.165) is 0 Å². The van der Waals surface area contributed by atoms with Crippen molar-refractivity contribution in [2.45, 2.75) is 83.5 Å². The lowest BCUT2D eigenvalue weighted by Crippen LogP contribution is -2.61. The van der Waals surface area contributed by atoms with E-state index in [1.54, 1.807) is 0 Å². The molecular formula is C14H34O5Si3. The van der Waals surface area contributed by atoms with Gasteiger partial charge in [0.15, 0.2) is 31.2 Å². The van der Waals surface area contributed by atoms with Crippen molar-refractivity contribution in [2.75, 3.05) is 6.61 Å². The third-order valence-electron chi connectivity index (χ3n) is 2.89. The lowest BCUT2D eigenvalue weighted by atomic mass is 10.1. The molecule has 1 heterocycles. The molecule has 1 N–H and O–H groups in total. The molecule has 0 aromatic heterocycles. The zero-order valence-corrected chi connectivity index (χ0v) is 18.6. The summed E-state index contributed by atoms with van der Waals surface area (Å²) in [5.41, 5.74) is 0. The van der Waals surface area contributed by atoms with Gasteiger partial charge in [-0.2, -0.15) is 0 Å². The summed E-state index contributed by atoms with van der Waals surface area (Å²) in [6.07, 6.45) is -1.87. The van der Waals surface area contributed by atoms with E-state index in [4.69, 9.17) is 18.0 Å². The lowest BCUT2D eigenvalue weighted by Gasteiger charge is -2.46. The molecule has 0 radical (unpaired) electrons. The Morgan fingerprint density at radius 3 is 1.55 bits per heavy atom. The molecule has 8 heteroatoms. The molecule has 0 saturated carbocycles. The van der Waals surface area contributed by atoms with Crippen molar-refractivity contribution in [3.05, 3.63) is 0 Å². The predicted octanol–water partition coefficient (Wildman–Crippen LogP) is 3.00. The maximum atomic E-state index is 10.3. The molecule has 0 aliphatic carbocycles. The van der Waals surface area contributed by atoms with Crippen LogP contribution in [0.4, 0.5) is 0 Å². The average Bonchev–Trinajstić information content (AvgIpc) is 2.22. The minimum absolute atomic E-state index is 0.178. The topological polar surface area (TPSA) is 57.2 Å². The molecule has 0 bridgehead atoms. The number of aliphatic hydroxyl groups excluding tert-OH is 1. The number of hydrogen-bond donors (Lipinski definition) is 1. The molecule has 4 atom stereocenters. The Hall–Kier alpha value is 0.451. The molecule has 1 rings (SSSR count). The summed E-state index contributed by atoms with van der Waals surface area (Å²) in [7, 11) is -5.39. The summed E-state index contributed by atoms with van der Waals surface area (Å²) >= 11 is 0. The fourth-order valence-corrected chi connectivity index (χ4v) is 5.68. The first-order valence-corrected chi connectivity index (χ1v) is 18.2. The highest BCUT2D eigenvalue weighted by Crippen LogP contribution is 2.29. The second kappa shape index (κ2) is 7.14. The van der Waals surface area contributed by atoms with E-state index >= 15 is 0 Å². The van der Waals surface area contributed by atoms with E-state index < -0.39 is 37.3 Å². The van der Waals surface area contributed by atoms with Gasteiger partial charge in [0, 0.05) is 0 Å². The van der Waals surface area contributed by atoms with E-state index in [0.29, 0.717) is 6.61 Å². The van der Waals surface area contributed by atoms with Gasteiger partial charge in [0.1, 0.15) is 12.2 Å². The summed E-state index contributed by atoms with van der Waals surface area (Å²) < 4.78 is 24.3. The SMILES string of the molecule is C[Si](C)(C)O[C@@H]1[C@H](O[Si](C)(C)C)[C@H](O)OC[C@@H]1O[Si](C)(C)C. The van der Waals surface area contributed by atoms with Crippen LogP contribution in [0.3, 0.4) is 0 Å². The van der Waals surface area contributed by atoms with E-state index in [1.807, 2.05) is 0 Å². The Kier molecular flexibility index (Phi) is 6.65. The standard InChI is InChI=1S/C14H34O5Si3/c1-20(2,3)17-11-10-16-14(15)13(19-22(7,8)9)12(11)18-21(4,5)6/h11-15H,10H2,1-9H3/t11-,12-,13-,14+/m0/s1. The normalized spacial score (nSPS) is 31.4. The Bertz CT molecular complexity index is 359. The Morgan fingerprint density at radius 1 is 0.727 bits per heavy atom. The predicted molar refractivity (Wildman–Crippen MR) is 96.6 cm³/mol. The second-order valence-corrected chi connectivity index (χ2v) is 22.3. The molecule has 5 nitrogen and oxygen atoms in total. The highest BCUT2D eigenvalue weighted by molar-refractivity contribution is 6.70. The van der Waals surface area contributed by atoms with Gasteiger partial charge in [-0.15, -0.1) is 0 Å². The zero-order valence-electron chi connectivity index (χ0n) is 15.6. The molecule has 0 unspecified atom stereocenters. The third-order valence-corrected chi connectivity index (χ3v) is 5.86. The Balaban J connectivity index is 3.01. The van der Waals surface area contributed by atoms with Crippen LogP contribution >= 0.6 is 0 Å². The van der Waals surface area contributed by atoms with Crippen LogP contribution in [0.5, 0.6) is 0 Å². The zero-order chi connectivity index (χ0) is 17.3. The quantitative estimate of drug-likeness (QED) is 0.732. The molecule has 0 aromatic carbocycles. The largest absolute Gasteiger partial charge is 0.410 e. The number of aliphatic hydroxyl groups is 1. The molecule has 1 aliphatic heterocycles. The molecule has 0 aromatic rings. The molecule has 1 saturated heterocycles. The summed E-state index contributed by atoms with van der Waals surface area (Å²) in [6.45, 7) is 19.6. The summed E-state index contributed by atoms with van der Waals surface area (Å²) in [4.78, 5) is 0. The maximum absolute atomic E-state index is 10.3. The van der Waals surface area contributed by atoms with Crippen LogP contribution in [0, 0.1) is 0 Å². The lowest BCUT2D eigenvalue weighted by molar-refractivity contribution is -0.240. The van der Waals surface area contributed by atoms with Gasteiger partial charge in [0.05, 0.1) is 12.7 Å². The Morgan fingerprint density at radius 2 is 1.14 bits per heavy atom. The van der Waals surface area contributed by atoms with Gasteiger partial charge in [-0.3, -0.25) is 0 Å². The fraction of sp³-hybridized carbons (Fsp3) is 1.00. The van der Waals surface area contributed by atoms with Gasteiger partial charge in [-0.1, -0.05) is 0 Å². The minimum Gasteiger partial charge on any atom is -0.410 e. The molecule has 0 spiro atoms. The molecule has 1 aliphatic rings. The first kappa shape index (κ1) is 20.5. The fourth-order valence-electron chi connectivity index (χ4n) is 2.40. The third kappa shape index (κ3) is 7.35. The van der Waals surface area contributed by atoms with Crippen LogP contribution in [0.25, 0.3) is 0 Å². The molecule has 0 amide bonds. The van der Waals surface area contributed by atoms with Crippen LogP contribution in [0.1, 0.15) is 0 Å². The maximum Gasteiger partial charge on any atom is 0.184 e. The first-order valence-electron chi connectivity index (χ1n) is 8.01. The molecule has 1 fully saturated rings. The summed E-state index contributed by atoms with van der Waals surface area (Å²) in [5.74, 6) is 0. The van der Waals surface area contributed by atoms with E-state index in [-0.39, 0.29) is 12.2 Å². The van der Waals surface area contributed by atoms with Crippen molar-refractivity contribution in [3.8, 4) is 0 Å². The smallest absolute Gasteiger partial charge is 0.184 e. The second-order valence-electron chi connectivity index (χ2n) is 8.88. The summed E-state index contributed by atoms with van der Waals surface area (Å²) in [6, 6.07) is 0. The number of rotatable bonds is 6. The van der Waals surface area contributed by atoms with E-state index in [2.05, 4.69) is 58.9 Å². The van der Waals surface area contributed by atoms with E-state index in [1.165, 1.54) is 0 Å². The van der Waals surface area contributed by atoms with Crippen LogP contribution < -0.4 is 0 Å². The van der Waals surface area contributed by atoms with Gasteiger partial charge in [0.25, 0.3) is 0 Å². The van der Waals surface area contributed by atoms with Crippen molar-refractivity contribution >= 4 is 25.0 Å². The molecular weight excluding hydrogens is 332 g/mol. The number of ether oxygens (including phenoxy) is 1. The Labute approximate surface area is 138 Å². The van der Waals surface area contributed by atoms with Crippen molar-refractivity contribution in [2.24, 2.45) is 0 Å². The average molecular weight is 367 g/mol. The first-order chi connectivity index (χ1) is 9.68. The van der Waals surface area contributed by atoms with Crippen molar-refractivity contribution in [1.29, 1.82) is 0 Å². The van der Waals surface area contributed by atoms with Crippen molar-refractivity contribution in [1.82, 2.24) is 0 Å².